The van der Waals surface area contributed by atoms with Crippen LogP contribution in [0.4, 0.5) is 5.13 Å². The number of carbonyl (C=O) groups is 3. The van der Waals surface area contributed by atoms with E-state index >= 15 is 0 Å². The van der Waals surface area contributed by atoms with Crippen LogP contribution in [0.2, 0.25) is 5.02 Å². The number of thiazole rings is 1. The number of Topliss-reactive ketones (excluding diaryl/α,β-unsaturated/α-hetero) is 1. The van der Waals surface area contributed by atoms with Gasteiger partial charge in [0.05, 0.1) is 24.4 Å². The average Bonchev–Trinajstić information content (AvgIpc) is 3.35. The molecule has 1 saturated heterocycles. The molecule has 1 amide bonds. The molecule has 36 heavy (non-hydrogen) atoms. The fraction of sp³-hybridized carbons (Fsp3) is 0.259. The third-order valence-electron chi connectivity index (χ3n) is 6.02. The Morgan fingerprint density at radius 1 is 1.08 bits per heavy atom. The van der Waals surface area contributed by atoms with Crippen LogP contribution in [0.25, 0.3) is 5.76 Å². The van der Waals surface area contributed by atoms with Crippen molar-refractivity contribution in [1.29, 1.82) is 0 Å². The Bertz CT molecular complexity index is 1390. The minimum Gasteiger partial charge on any atom is -0.507 e. The summed E-state index contributed by atoms with van der Waals surface area (Å²) in [6, 6.07) is 12.9. The maximum atomic E-state index is 13.3. The number of halogens is 1. The smallest absolute Gasteiger partial charge is 0.350 e. The third kappa shape index (κ3) is 4.54. The first-order chi connectivity index (χ1) is 16.9. The topological polar surface area (TPSA) is 96.8 Å². The monoisotopic (exact) mass is 524 g/mol. The van der Waals surface area contributed by atoms with E-state index in [1.165, 1.54) is 12.0 Å². The van der Waals surface area contributed by atoms with Gasteiger partial charge in [-0.15, -0.1) is 0 Å². The van der Waals surface area contributed by atoms with Crippen LogP contribution in [0, 0.1) is 6.92 Å². The number of ketones is 1. The van der Waals surface area contributed by atoms with E-state index in [1.807, 2.05) is 24.3 Å². The minimum atomic E-state index is -0.953. The summed E-state index contributed by atoms with van der Waals surface area (Å²) >= 11 is 6.95. The molecule has 4 rings (SSSR count). The molecular weight excluding hydrogens is 500 g/mol. The summed E-state index contributed by atoms with van der Waals surface area (Å²) in [6.45, 7) is 7.88. The van der Waals surface area contributed by atoms with Gasteiger partial charge in [-0.3, -0.25) is 14.5 Å². The number of amides is 1. The Hall–Kier alpha value is -3.49. The van der Waals surface area contributed by atoms with E-state index in [0.717, 1.165) is 16.9 Å². The number of rotatable bonds is 4. The summed E-state index contributed by atoms with van der Waals surface area (Å²) in [5.74, 6) is -2.60. The molecule has 1 N–H and O–H groups in total. The number of benzene rings is 2. The molecule has 1 aromatic heterocycles. The highest BCUT2D eigenvalue weighted by Crippen LogP contribution is 2.44. The molecule has 1 aliphatic rings. The zero-order valence-electron chi connectivity index (χ0n) is 20.5. The summed E-state index contributed by atoms with van der Waals surface area (Å²) in [5.41, 5.74) is 2.23. The standard InChI is InChI=1S/C27H25ClN2O5S/c1-14-23(25(34)35-5)36-26(29-14)30-20(15-6-10-17(11-7-15)27(2,3)4)19(22(32)24(30)33)21(31)16-8-12-18(28)13-9-16/h6-13,20,31H,1-5H3/b21-19+/t20-/m0/s1. The van der Waals surface area contributed by atoms with Gasteiger partial charge in [-0.2, -0.15) is 0 Å². The number of aliphatic hydroxyl groups excluding tert-OH is 1. The molecule has 2 aromatic carbocycles. The Kier molecular flexibility index (Phi) is 6.77. The molecule has 1 aliphatic heterocycles. The number of anilines is 1. The summed E-state index contributed by atoms with van der Waals surface area (Å²) in [4.78, 5) is 44.7. The second-order valence-corrected chi connectivity index (χ2v) is 10.9. The minimum absolute atomic E-state index is 0.0710. The molecule has 0 bridgehead atoms. The Balaban J connectivity index is 1.93. The van der Waals surface area contributed by atoms with Crippen LogP contribution in [0.5, 0.6) is 0 Å². The van der Waals surface area contributed by atoms with Crippen molar-refractivity contribution in [1.82, 2.24) is 4.98 Å². The molecule has 7 nitrogen and oxygen atoms in total. The van der Waals surface area contributed by atoms with Crippen LogP contribution in [0.3, 0.4) is 0 Å². The van der Waals surface area contributed by atoms with E-state index in [0.29, 0.717) is 21.8 Å². The van der Waals surface area contributed by atoms with Crippen LogP contribution < -0.4 is 4.90 Å². The highest BCUT2D eigenvalue weighted by Gasteiger charge is 2.48. The predicted molar refractivity (Wildman–Crippen MR) is 140 cm³/mol. The lowest BCUT2D eigenvalue weighted by atomic mass is 9.85. The van der Waals surface area contributed by atoms with Crippen LogP contribution in [0.15, 0.2) is 54.1 Å². The largest absolute Gasteiger partial charge is 0.507 e. The number of carbonyl (C=O) groups excluding carboxylic acids is 3. The van der Waals surface area contributed by atoms with E-state index in [1.54, 1.807) is 31.2 Å². The van der Waals surface area contributed by atoms with Gasteiger partial charge in [-0.1, -0.05) is 68.0 Å². The SMILES string of the molecule is COC(=O)c1sc(N2C(=O)C(=O)/C(=C(/O)c3ccc(Cl)cc3)[C@@H]2c2ccc(C(C)(C)C)cc2)nc1C. The highest BCUT2D eigenvalue weighted by molar-refractivity contribution is 7.17. The number of esters is 1. The summed E-state index contributed by atoms with van der Waals surface area (Å²) in [6.07, 6.45) is 0. The van der Waals surface area contributed by atoms with Crippen molar-refractivity contribution in [2.24, 2.45) is 0 Å². The van der Waals surface area contributed by atoms with Crippen molar-refractivity contribution < 1.29 is 24.2 Å². The number of aliphatic hydroxyl groups is 1. The summed E-state index contributed by atoms with van der Waals surface area (Å²) in [7, 11) is 1.26. The number of nitrogens with zero attached hydrogens (tertiary/aromatic N) is 2. The average molecular weight is 525 g/mol. The van der Waals surface area contributed by atoms with E-state index < -0.39 is 23.7 Å². The fourth-order valence-corrected chi connectivity index (χ4v) is 5.18. The molecule has 0 saturated carbocycles. The Labute approximate surface area is 218 Å². The molecule has 0 aliphatic carbocycles. The van der Waals surface area contributed by atoms with Crippen molar-refractivity contribution in [2.75, 3.05) is 12.0 Å². The van der Waals surface area contributed by atoms with E-state index in [4.69, 9.17) is 16.3 Å². The van der Waals surface area contributed by atoms with Crippen molar-refractivity contribution in [3.63, 3.8) is 0 Å². The highest BCUT2D eigenvalue weighted by atomic mass is 35.5. The molecule has 0 radical (unpaired) electrons. The first-order valence-corrected chi connectivity index (χ1v) is 12.4. The zero-order valence-corrected chi connectivity index (χ0v) is 22.0. The maximum absolute atomic E-state index is 13.3. The number of aryl methyl sites for hydroxylation is 1. The van der Waals surface area contributed by atoms with Crippen LogP contribution >= 0.6 is 22.9 Å². The lowest BCUT2D eigenvalue weighted by Gasteiger charge is -2.24. The molecular formula is C27H25ClN2O5S. The number of hydrogen-bond acceptors (Lipinski definition) is 7. The Morgan fingerprint density at radius 3 is 2.25 bits per heavy atom. The van der Waals surface area contributed by atoms with Crippen molar-refractivity contribution in [2.45, 2.75) is 39.2 Å². The van der Waals surface area contributed by atoms with Crippen LogP contribution in [0.1, 0.15) is 58.9 Å². The van der Waals surface area contributed by atoms with Gasteiger partial charge in [0.15, 0.2) is 5.13 Å². The van der Waals surface area contributed by atoms with Crippen molar-refractivity contribution >= 4 is 51.5 Å². The lowest BCUT2D eigenvalue weighted by Crippen LogP contribution is -2.29. The van der Waals surface area contributed by atoms with E-state index in [2.05, 4.69) is 25.8 Å². The molecule has 9 heteroatoms. The van der Waals surface area contributed by atoms with Gasteiger partial charge in [0.2, 0.25) is 0 Å². The van der Waals surface area contributed by atoms with Gasteiger partial charge in [0, 0.05) is 10.6 Å². The third-order valence-corrected chi connectivity index (χ3v) is 7.41. The first kappa shape index (κ1) is 25.6. The van der Waals surface area contributed by atoms with Gasteiger partial charge in [-0.25, -0.2) is 9.78 Å². The van der Waals surface area contributed by atoms with Crippen molar-refractivity contribution in [3.05, 3.63) is 86.4 Å². The molecule has 1 fully saturated rings. The van der Waals surface area contributed by atoms with Gasteiger partial charge >= 0.3 is 11.9 Å². The maximum Gasteiger partial charge on any atom is 0.350 e. The second-order valence-electron chi connectivity index (χ2n) is 9.45. The predicted octanol–water partition coefficient (Wildman–Crippen LogP) is 5.82. The van der Waals surface area contributed by atoms with E-state index in [9.17, 15) is 19.5 Å². The zero-order chi connectivity index (χ0) is 26.4. The number of methoxy groups -OCH3 is 1. The van der Waals surface area contributed by atoms with Gasteiger partial charge in [0.1, 0.15) is 10.6 Å². The second kappa shape index (κ2) is 9.52. The van der Waals surface area contributed by atoms with Crippen LogP contribution in [-0.2, 0) is 19.7 Å². The summed E-state index contributed by atoms with van der Waals surface area (Å²) in [5, 5.41) is 11.8. The number of ether oxygens (including phenoxy) is 1. The first-order valence-electron chi connectivity index (χ1n) is 11.2. The Morgan fingerprint density at radius 2 is 1.69 bits per heavy atom. The van der Waals surface area contributed by atoms with Crippen LogP contribution in [-0.4, -0.2) is 34.9 Å². The number of aromatic nitrogens is 1. The van der Waals surface area contributed by atoms with Crippen molar-refractivity contribution in [3.8, 4) is 0 Å². The summed E-state index contributed by atoms with van der Waals surface area (Å²) < 4.78 is 4.83. The molecule has 0 unspecified atom stereocenters. The van der Waals surface area contributed by atoms with Gasteiger partial charge in [0.25, 0.3) is 5.78 Å². The fourth-order valence-electron chi connectivity index (χ4n) is 4.04. The molecule has 186 valence electrons. The number of hydrogen-bond donors (Lipinski definition) is 1. The molecule has 0 spiro atoms. The van der Waals surface area contributed by atoms with Gasteiger partial charge in [-0.05, 0) is 47.7 Å². The molecule has 1 atom stereocenters. The lowest BCUT2D eigenvalue weighted by molar-refractivity contribution is -0.132. The normalized spacial score (nSPS) is 17.5. The molecule has 2 heterocycles. The molecule has 3 aromatic rings. The van der Waals surface area contributed by atoms with Gasteiger partial charge < -0.3 is 9.84 Å². The quantitative estimate of drug-likeness (QED) is 0.200. The van der Waals surface area contributed by atoms with E-state index in [-0.39, 0.29) is 26.8 Å².